The fourth-order valence-electron chi connectivity index (χ4n) is 1.39. The molecule has 0 aliphatic heterocycles. The molecule has 0 bridgehead atoms. The van der Waals surface area contributed by atoms with E-state index >= 15 is 0 Å². The van der Waals surface area contributed by atoms with Crippen molar-refractivity contribution in [1.82, 2.24) is 9.97 Å². The molecule has 1 aromatic carbocycles. The molecule has 0 spiro atoms. The van der Waals surface area contributed by atoms with Gasteiger partial charge in [-0.25, -0.2) is 9.97 Å². The van der Waals surface area contributed by atoms with E-state index < -0.39 is 0 Å². The third kappa shape index (κ3) is 2.11. The number of nitrogens with two attached hydrogens (primary N) is 1. The molecule has 0 fully saturated rings. The molecule has 1 heterocycles. The van der Waals surface area contributed by atoms with Crippen molar-refractivity contribution in [3.63, 3.8) is 0 Å². The molecule has 0 atom stereocenters. The van der Waals surface area contributed by atoms with Crippen LogP contribution in [0.5, 0.6) is 11.5 Å². The Bertz CT molecular complexity index is 497. The summed E-state index contributed by atoms with van der Waals surface area (Å²) < 4.78 is 5.66. The molecule has 0 saturated carbocycles. The smallest absolute Gasteiger partial charge is 0.164 e. The fraction of sp³-hybridized carbons (Fsp3) is 0.167. The number of anilines is 1. The van der Waals surface area contributed by atoms with Crippen molar-refractivity contribution in [2.24, 2.45) is 0 Å². The molecule has 0 aliphatic rings. The summed E-state index contributed by atoms with van der Waals surface area (Å²) in [7, 11) is 0. The Morgan fingerprint density at radius 2 is 1.75 bits per heavy atom. The van der Waals surface area contributed by atoms with Gasteiger partial charge in [-0.3, -0.25) is 0 Å². The van der Waals surface area contributed by atoms with Crippen molar-refractivity contribution < 1.29 is 4.74 Å². The number of ether oxygens (including phenoxy) is 1. The van der Waals surface area contributed by atoms with E-state index in [0.29, 0.717) is 5.75 Å². The highest BCUT2D eigenvalue weighted by Gasteiger charge is 2.04. The van der Waals surface area contributed by atoms with E-state index in [1.165, 1.54) is 6.33 Å². The van der Waals surface area contributed by atoms with Crippen molar-refractivity contribution in [3.8, 4) is 11.5 Å². The highest BCUT2D eigenvalue weighted by Crippen LogP contribution is 2.27. The van der Waals surface area contributed by atoms with Crippen LogP contribution in [0, 0.1) is 13.8 Å². The predicted octanol–water partition coefficient (Wildman–Crippen LogP) is 2.47. The quantitative estimate of drug-likeness (QED) is 0.782. The second-order valence-corrected chi connectivity index (χ2v) is 3.65. The monoisotopic (exact) mass is 215 g/mol. The van der Waals surface area contributed by atoms with Crippen LogP contribution in [0.4, 0.5) is 5.69 Å². The summed E-state index contributed by atoms with van der Waals surface area (Å²) in [5.74, 6) is 1.40. The topological polar surface area (TPSA) is 61.0 Å². The van der Waals surface area contributed by atoms with Gasteiger partial charge in [-0.05, 0) is 37.1 Å². The molecule has 2 rings (SSSR count). The molecule has 16 heavy (non-hydrogen) atoms. The third-order valence-corrected chi connectivity index (χ3v) is 2.33. The van der Waals surface area contributed by atoms with Gasteiger partial charge in [0.15, 0.2) is 5.75 Å². The molecular formula is C12H13N3O. The molecule has 0 saturated heterocycles. The van der Waals surface area contributed by atoms with Gasteiger partial charge in [-0.1, -0.05) is 0 Å². The normalized spacial score (nSPS) is 10.1. The van der Waals surface area contributed by atoms with Crippen LogP contribution >= 0.6 is 0 Å². The van der Waals surface area contributed by atoms with E-state index in [1.807, 2.05) is 26.0 Å². The van der Waals surface area contributed by atoms with Gasteiger partial charge in [0.1, 0.15) is 12.1 Å². The van der Waals surface area contributed by atoms with Gasteiger partial charge in [0.25, 0.3) is 0 Å². The molecule has 0 unspecified atom stereocenters. The SMILES string of the molecule is Cc1cc(Oc2cncnc2)c(C)cc1N. The van der Waals surface area contributed by atoms with Crippen molar-refractivity contribution in [1.29, 1.82) is 0 Å². The number of hydrogen-bond donors (Lipinski definition) is 1. The highest BCUT2D eigenvalue weighted by molar-refractivity contribution is 5.54. The first-order chi connectivity index (χ1) is 7.66. The van der Waals surface area contributed by atoms with Crippen LogP contribution in [0.15, 0.2) is 30.9 Å². The lowest BCUT2D eigenvalue weighted by Gasteiger charge is -2.10. The van der Waals surface area contributed by atoms with Gasteiger partial charge in [0.05, 0.1) is 12.4 Å². The van der Waals surface area contributed by atoms with Crippen LogP contribution in [0.2, 0.25) is 0 Å². The number of aromatic nitrogens is 2. The summed E-state index contributed by atoms with van der Waals surface area (Å²) in [5, 5.41) is 0. The molecule has 1 aromatic heterocycles. The van der Waals surface area contributed by atoms with Crippen molar-refractivity contribution in [2.45, 2.75) is 13.8 Å². The first-order valence-corrected chi connectivity index (χ1v) is 4.96. The van der Waals surface area contributed by atoms with Gasteiger partial charge in [0, 0.05) is 5.69 Å². The number of nitrogen functional groups attached to an aromatic ring is 1. The lowest BCUT2D eigenvalue weighted by molar-refractivity contribution is 0.473. The van der Waals surface area contributed by atoms with Crippen molar-refractivity contribution in [2.75, 3.05) is 5.73 Å². The summed E-state index contributed by atoms with van der Waals surface area (Å²) in [6, 6.07) is 3.81. The Hall–Kier alpha value is -2.10. The first-order valence-electron chi connectivity index (χ1n) is 4.96. The number of aryl methyl sites for hydroxylation is 2. The second-order valence-electron chi connectivity index (χ2n) is 3.65. The summed E-state index contributed by atoms with van der Waals surface area (Å²) >= 11 is 0. The summed E-state index contributed by atoms with van der Waals surface area (Å²) in [5.41, 5.74) is 8.57. The molecule has 0 amide bonds. The Balaban J connectivity index is 2.32. The Labute approximate surface area is 94.1 Å². The lowest BCUT2D eigenvalue weighted by atomic mass is 10.1. The maximum Gasteiger partial charge on any atom is 0.164 e. The molecule has 0 aliphatic carbocycles. The van der Waals surface area contributed by atoms with E-state index in [9.17, 15) is 0 Å². The minimum absolute atomic E-state index is 0.620. The molecule has 2 N–H and O–H groups in total. The van der Waals surface area contributed by atoms with E-state index in [1.54, 1.807) is 12.4 Å². The summed E-state index contributed by atoms with van der Waals surface area (Å²) in [6.45, 7) is 3.90. The molecular weight excluding hydrogens is 202 g/mol. The Kier molecular flexibility index (Phi) is 2.72. The predicted molar refractivity (Wildman–Crippen MR) is 62.4 cm³/mol. The molecule has 82 valence electrons. The largest absolute Gasteiger partial charge is 0.454 e. The zero-order valence-electron chi connectivity index (χ0n) is 9.27. The zero-order valence-corrected chi connectivity index (χ0v) is 9.27. The Morgan fingerprint density at radius 1 is 1.06 bits per heavy atom. The summed E-state index contributed by atoms with van der Waals surface area (Å²) in [6.07, 6.45) is 4.71. The van der Waals surface area contributed by atoms with E-state index in [0.717, 1.165) is 22.6 Å². The standard InChI is InChI=1S/C12H13N3O/c1-8-4-12(9(2)3-11(8)13)16-10-5-14-7-15-6-10/h3-7H,13H2,1-2H3. The van der Waals surface area contributed by atoms with E-state index in [-0.39, 0.29) is 0 Å². The Morgan fingerprint density at radius 3 is 2.44 bits per heavy atom. The van der Waals surface area contributed by atoms with Crippen LogP contribution in [0.1, 0.15) is 11.1 Å². The first kappa shape index (κ1) is 10.4. The van der Waals surface area contributed by atoms with Crippen LogP contribution < -0.4 is 10.5 Å². The van der Waals surface area contributed by atoms with Crippen LogP contribution in [0.3, 0.4) is 0 Å². The van der Waals surface area contributed by atoms with Gasteiger partial charge >= 0.3 is 0 Å². The number of nitrogens with zero attached hydrogens (tertiary/aromatic N) is 2. The van der Waals surface area contributed by atoms with E-state index in [2.05, 4.69) is 9.97 Å². The maximum atomic E-state index is 5.80. The highest BCUT2D eigenvalue weighted by atomic mass is 16.5. The fourth-order valence-corrected chi connectivity index (χ4v) is 1.39. The summed E-state index contributed by atoms with van der Waals surface area (Å²) in [4.78, 5) is 7.78. The van der Waals surface area contributed by atoms with Crippen molar-refractivity contribution >= 4 is 5.69 Å². The average Bonchev–Trinajstić information content (AvgIpc) is 2.27. The maximum absolute atomic E-state index is 5.80. The lowest BCUT2D eigenvalue weighted by Crippen LogP contribution is -1.94. The van der Waals surface area contributed by atoms with Crippen LogP contribution in [0.25, 0.3) is 0 Å². The van der Waals surface area contributed by atoms with Gasteiger partial charge < -0.3 is 10.5 Å². The van der Waals surface area contributed by atoms with Crippen molar-refractivity contribution in [3.05, 3.63) is 42.0 Å². The average molecular weight is 215 g/mol. The molecule has 2 aromatic rings. The third-order valence-electron chi connectivity index (χ3n) is 2.33. The van der Waals surface area contributed by atoms with Crippen LogP contribution in [-0.4, -0.2) is 9.97 Å². The van der Waals surface area contributed by atoms with Gasteiger partial charge in [0.2, 0.25) is 0 Å². The number of rotatable bonds is 2. The minimum atomic E-state index is 0.620. The zero-order chi connectivity index (χ0) is 11.5. The molecule has 4 heteroatoms. The number of benzene rings is 1. The van der Waals surface area contributed by atoms with E-state index in [4.69, 9.17) is 10.5 Å². The molecule has 0 radical (unpaired) electrons. The van der Waals surface area contributed by atoms with Gasteiger partial charge in [-0.2, -0.15) is 0 Å². The van der Waals surface area contributed by atoms with Crippen LogP contribution in [-0.2, 0) is 0 Å². The van der Waals surface area contributed by atoms with Gasteiger partial charge in [-0.15, -0.1) is 0 Å². The minimum Gasteiger partial charge on any atom is -0.454 e. The second kappa shape index (κ2) is 4.18. The number of hydrogen-bond acceptors (Lipinski definition) is 4. The molecule has 4 nitrogen and oxygen atoms in total.